The third-order valence-corrected chi connectivity index (χ3v) is 2.50. The normalized spacial score (nSPS) is 12.1. The highest BCUT2D eigenvalue weighted by atomic mass is 35.5. The Labute approximate surface area is 99.5 Å². The SMILES string of the molecule is CC(Nc1ccccn1)c1ccc(Cl)nc1. The lowest BCUT2D eigenvalue weighted by Gasteiger charge is -2.14. The lowest BCUT2D eigenvalue weighted by Crippen LogP contribution is -2.07. The van der Waals surface area contributed by atoms with Crippen LogP contribution < -0.4 is 5.32 Å². The zero-order valence-electron chi connectivity index (χ0n) is 8.89. The Morgan fingerprint density at radius 2 is 2.06 bits per heavy atom. The zero-order chi connectivity index (χ0) is 11.4. The number of nitrogens with zero attached hydrogens (tertiary/aromatic N) is 2. The number of nitrogens with one attached hydrogen (secondary N) is 1. The Balaban J connectivity index is 2.09. The van der Waals surface area contributed by atoms with Crippen LogP contribution in [0.1, 0.15) is 18.5 Å². The Hall–Kier alpha value is -1.61. The van der Waals surface area contributed by atoms with E-state index in [0.717, 1.165) is 11.4 Å². The molecular weight excluding hydrogens is 222 g/mol. The Bertz CT molecular complexity index is 442. The highest BCUT2D eigenvalue weighted by Gasteiger charge is 2.05. The topological polar surface area (TPSA) is 37.8 Å². The summed E-state index contributed by atoms with van der Waals surface area (Å²) in [5.41, 5.74) is 1.08. The van der Waals surface area contributed by atoms with E-state index in [2.05, 4.69) is 22.2 Å². The number of rotatable bonds is 3. The van der Waals surface area contributed by atoms with Crippen molar-refractivity contribution in [2.24, 2.45) is 0 Å². The third kappa shape index (κ3) is 2.70. The molecule has 0 aliphatic rings. The first kappa shape index (κ1) is 10.9. The first-order valence-electron chi connectivity index (χ1n) is 5.05. The van der Waals surface area contributed by atoms with Gasteiger partial charge in [-0.1, -0.05) is 23.7 Å². The number of halogens is 1. The second kappa shape index (κ2) is 4.94. The van der Waals surface area contributed by atoms with Gasteiger partial charge in [-0.3, -0.25) is 0 Å². The molecule has 3 nitrogen and oxygen atoms in total. The fourth-order valence-corrected chi connectivity index (χ4v) is 1.51. The Morgan fingerprint density at radius 3 is 2.69 bits per heavy atom. The van der Waals surface area contributed by atoms with E-state index in [1.807, 2.05) is 24.3 Å². The molecular formula is C12H12ClN3. The lowest BCUT2D eigenvalue weighted by atomic mass is 10.1. The van der Waals surface area contributed by atoms with E-state index in [0.29, 0.717) is 5.15 Å². The van der Waals surface area contributed by atoms with Crippen LogP contribution in [0.4, 0.5) is 5.82 Å². The molecule has 0 amide bonds. The van der Waals surface area contributed by atoms with Crippen LogP contribution in [-0.4, -0.2) is 9.97 Å². The van der Waals surface area contributed by atoms with Crippen molar-refractivity contribution in [2.75, 3.05) is 5.32 Å². The minimum atomic E-state index is 0.152. The third-order valence-electron chi connectivity index (χ3n) is 2.28. The van der Waals surface area contributed by atoms with Gasteiger partial charge in [-0.05, 0) is 30.7 Å². The molecule has 1 N–H and O–H groups in total. The van der Waals surface area contributed by atoms with Crippen molar-refractivity contribution >= 4 is 17.4 Å². The largest absolute Gasteiger partial charge is 0.363 e. The first-order valence-corrected chi connectivity index (χ1v) is 5.42. The monoisotopic (exact) mass is 233 g/mol. The molecule has 0 saturated heterocycles. The molecule has 0 fully saturated rings. The van der Waals surface area contributed by atoms with Crippen molar-refractivity contribution in [3.05, 3.63) is 53.4 Å². The molecule has 0 aromatic carbocycles. The molecule has 0 spiro atoms. The fraction of sp³-hybridized carbons (Fsp3) is 0.167. The minimum Gasteiger partial charge on any atom is -0.363 e. The molecule has 0 radical (unpaired) electrons. The molecule has 2 heterocycles. The molecule has 0 saturated carbocycles. The molecule has 4 heteroatoms. The quantitative estimate of drug-likeness (QED) is 0.827. The smallest absolute Gasteiger partial charge is 0.129 e. The van der Waals surface area contributed by atoms with E-state index in [1.165, 1.54) is 0 Å². The molecule has 2 aromatic rings. The highest BCUT2D eigenvalue weighted by molar-refractivity contribution is 6.29. The van der Waals surface area contributed by atoms with Gasteiger partial charge in [0, 0.05) is 12.4 Å². The summed E-state index contributed by atoms with van der Waals surface area (Å²) in [7, 11) is 0. The van der Waals surface area contributed by atoms with Crippen molar-refractivity contribution in [1.82, 2.24) is 9.97 Å². The molecule has 82 valence electrons. The van der Waals surface area contributed by atoms with Gasteiger partial charge in [0.1, 0.15) is 11.0 Å². The van der Waals surface area contributed by atoms with E-state index in [4.69, 9.17) is 11.6 Å². The minimum absolute atomic E-state index is 0.152. The van der Waals surface area contributed by atoms with Gasteiger partial charge in [-0.15, -0.1) is 0 Å². The zero-order valence-corrected chi connectivity index (χ0v) is 9.65. The maximum absolute atomic E-state index is 5.73. The molecule has 1 unspecified atom stereocenters. The molecule has 16 heavy (non-hydrogen) atoms. The molecule has 2 rings (SSSR count). The standard InChI is InChI=1S/C12H12ClN3/c1-9(10-5-6-11(13)15-8-10)16-12-4-2-3-7-14-12/h2-9H,1H3,(H,14,16). The Kier molecular flexibility index (Phi) is 3.37. The van der Waals surface area contributed by atoms with E-state index in [1.54, 1.807) is 18.5 Å². The average Bonchev–Trinajstić information content (AvgIpc) is 2.31. The van der Waals surface area contributed by atoms with Gasteiger partial charge in [0.05, 0.1) is 6.04 Å². The average molecular weight is 234 g/mol. The predicted octanol–water partition coefficient (Wildman–Crippen LogP) is 3.30. The summed E-state index contributed by atoms with van der Waals surface area (Å²) in [6.07, 6.45) is 3.53. The van der Waals surface area contributed by atoms with Crippen LogP contribution in [0.25, 0.3) is 0 Å². The van der Waals surface area contributed by atoms with Crippen molar-refractivity contribution in [2.45, 2.75) is 13.0 Å². The number of anilines is 1. The maximum Gasteiger partial charge on any atom is 0.129 e. The van der Waals surface area contributed by atoms with E-state index >= 15 is 0 Å². The highest BCUT2D eigenvalue weighted by Crippen LogP contribution is 2.17. The van der Waals surface area contributed by atoms with Gasteiger partial charge in [0.15, 0.2) is 0 Å². The number of pyridine rings is 2. The molecule has 0 aliphatic carbocycles. The van der Waals surface area contributed by atoms with Gasteiger partial charge >= 0.3 is 0 Å². The molecule has 0 bridgehead atoms. The van der Waals surface area contributed by atoms with Crippen molar-refractivity contribution in [3.63, 3.8) is 0 Å². The summed E-state index contributed by atoms with van der Waals surface area (Å²) in [6.45, 7) is 2.06. The second-order valence-corrected chi connectivity index (χ2v) is 3.88. The number of hydrogen-bond acceptors (Lipinski definition) is 3. The van der Waals surface area contributed by atoms with Gasteiger partial charge in [-0.25, -0.2) is 9.97 Å². The van der Waals surface area contributed by atoms with Crippen LogP contribution in [0.5, 0.6) is 0 Å². The van der Waals surface area contributed by atoms with Gasteiger partial charge in [0.25, 0.3) is 0 Å². The molecule has 0 aliphatic heterocycles. The predicted molar refractivity (Wildman–Crippen MR) is 65.5 cm³/mol. The first-order chi connectivity index (χ1) is 7.75. The summed E-state index contributed by atoms with van der Waals surface area (Å²) >= 11 is 5.73. The van der Waals surface area contributed by atoms with Gasteiger partial charge in [0.2, 0.25) is 0 Å². The van der Waals surface area contributed by atoms with Crippen LogP contribution in [0.2, 0.25) is 5.15 Å². The summed E-state index contributed by atoms with van der Waals surface area (Å²) in [6, 6.07) is 9.66. The fourth-order valence-electron chi connectivity index (χ4n) is 1.40. The van der Waals surface area contributed by atoms with Crippen LogP contribution in [0.3, 0.4) is 0 Å². The van der Waals surface area contributed by atoms with Gasteiger partial charge in [-0.2, -0.15) is 0 Å². The maximum atomic E-state index is 5.73. The second-order valence-electron chi connectivity index (χ2n) is 3.50. The summed E-state index contributed by atoms with van der Waals surface area (Å²) in [5, 5.41) is 3.79. The summed E-state index contributed by atoms with van der Waals surface area (Å²) < 4.78 is 0. The summed E-state index contributed by atoms with van der Waals surface area (Å²) in [5.74, 6) is 0.852. The molecule has 2 aromatic heterocycles. The van der Waals surface area contributed by atoms with Crippen LogP contribution in [-0.2, 0) is 0 Å². The summed E-state index contributed by atoms with van der Waals surface area (Å²) in [4.78, 5) is 8.25. The van der Waals surface area contributed by atoms with Crippen molar-refractivity contribution in [3.8, 4) is 0 Å². The Morgan fingerprint density at radius 1 is 1.19 bits per heavy atom. The van der Waals surface area contributed by atoms with E-state index in [9.17, 15) is 0 Å². The number of aromatic nitrogens is 2. The van der Waals surface area contributed by atoms with Gasteiger partial charge < -0.3 is 5.32 Å². The van der Waals surface area contributed by atoms with E-state index in [-0.39, 0.29) is 6.04 Å². The van der Waals surface area contributed by atoms with Crippen molar-refractivity contribution in [1.29, 1.82) is 0 Å². The van der Waals surface area contributed by atoms with Crippen LogP contribution in [0, 0.1) is 0 Å². The van der Waals surface area contributed by atoms with Crippen LogP contribution >= 0.6 is 11.6 Å². The van der Waals surface area contributed by atoms with Crippen molar-refractivity contribution < 1.29 is 0 Å². The number of hydrogen-bond donors (Lipinski definition) is 1. The van der Waals surface area contributed by atoms with Crippen LogP contribution in [0.15, 0.2) is 42.7 Å². The molecule has 1 atom stereocenters. The lowest BCUT2D eigenvalue weighted by molar-refractivity contribution is 0.866. The van der Waals surface area contributed by atoms with E-state index < -0.39 is 0 Å².